The number of thiophene rings is 1. The van der Waals surface area contributed by atoms with Crippen LogP contribution in [0.2, 0.25) is 0 Å². The van der Waals surface area contributed by atoms with Gasteiger partial charge in [0.25, 0.3) is 0 Å². The summed E-state index contributed by atoms with van der Waals surface area (Å²) in [7, 11) is -3.76. The molecule has 1 amide bonds. The van der Waals surface area contributed by atoms with Crippen LogP contribution in [0.5, 0.6) is 0 Å². The molecule has 1 aromatic heterocycles. The highest BCUT2D eigenvalue weighted by atomic mass is 32.2. The van der Waals surface area contributed by atoms with Crippen molar-refractivity contribution in [1.82, 2.24) is 4.90 Å². The fraction of sp³-hybridized carbons (Fsp3) is 0.280. The van der Waals surface area contributed by atoms with Gasteiger partial charge in [-0.1, -0.05) is 50.2 Å². The first kappa shape index (κ1) is 25.6. The first-order valence-corrected chi connectivity index (χ1v) is 13.3. The SMILES string of the molecule is CC(C)C[C@H](N)C(=O)N(CC#N)[C@@H](c1ccc(-c2ccc(S(N)(=O)=O)cc2)cc1)c1ccsc1. The number of carbonyl (C=O) groups is 1. The molecular weight excluding hydrogens is 468 g/mol. The molecule has 0 aliphatic heterocycles. The smallest absolute Gasteiger partial charge is 0.241 e. The Labute approximate surface area is 204 Å². The van der Waals surface area contributed by atoms with Crippen molar-refractivity contribution < 1.29 is 13.2 Å². The Morgan fingerprint density at radius 1 is 1.03 bits per heavy atom. The lowest BCUT2D eigenvalue weighted by atomic mass is 9.95. The van der Waals surface area contributed by atoms with E-state index in [1.807, 2.05) is 54.9 Å². The molecule has 0 fully saturated rings. The lowest BCUT2D eigenvalue weighted by molar-refractivity contribution is -0.134. The number of nitriles is 1. The predicted molar refractivity (Wildman–Crippen MR) is 134 cm³/mol. The highest BCUT2D eigenvalue weighted by molar-refractivity contribution is 7.89. The summed E-state index contributed by atoms with van der Waals surface area (Å²) in [6.45, 7) is 3.93. The van der Waals surface area contributed by atoms with Gasteiger partial charge in [-0.05, 0) is 63.6 Å². The average Bonchev–Trinajstić information content (AvgIpc) is 3.32. The molecule has 0 aliphatic rings. The lowest BCUT2D eigenvalue weighted by Crippen LogP contribution is -2.46. The number of nitrogens with zero attached hydrogens (tertiary/aromatic N) is 2. The van der Waals surface area contributed by atoms with Crippen molar-refractivity contribution in [1.29, 1.82) is 5.26 Å². The van der Waals surface area contributed by atoms with Gasteiger partial charge in [-0.25, -0.2) is 13.6 Å². The molecule has 1 heterocycles. The molecule has 3 rings (SSSR count). The number of rotatable bonds is 9. The summed E-state index contributed by atoms with van der Waals surface area (Å²) in [6, 6.07) is 16.9. The van der Waals surface area contributed by atoms with Gasteiger partial charge in [-0.15, -0.1) is 0 Å². The standard InChI is InChI=1S/C25H28N4O3S2/c1-17(2)15-23(27)25(30)29(13-12-26)24(21-11-14-33-16-21)20-5-3-18(4-6-20)19-7-9-22(10-8-19)34(28,31)32/h3-11,14,16-17,23-24H,13,15,27H2,1-2H3,(H2,28,31,32)/t23-,24-/m0/s1. The van der Waals surface area contributed by atoms with E-state index in [1.165, 1.54) is 23.5 Å². The molecule has 2 atom stereocenters. The number of amides is 1. The van der Waals surface area contributed by atoms with Crippen molar-refractivity contribution in [3.05, 3.63) is 76.5 Å². The van der Waals surface area contributed by atoms with Gasteiger partial charge in [-0.2, -0.15) is 16.6 Å². The molecule has 0 saturated carbocycles. The zero-order valence-electron chi connectivity index (χ0n) is 19.1. The van der Waals surface area contributed by atoms with E-state index in [0.29, 0.717) is 6.42 Å². The molecule has 0 aliphatic carbocycles. The molecule has 34 heavy (non-hydrogen) atoms. The highest BCUT2D eigenvalue weighted by Gasteiger charge is 2.30. The van der Waals surface area contributed by atoms with Crippen LogP contribution >= 0.6 is 11.3 Å². The average molecular weight is 497 g/mol. The maximum Gasteiger partial charge on any atom is 0.241 e. The Morgan fingerprint density at radius 2 is 1.62 bits per heavy atom. The maximum absolute atomic E-state index is 13.3. The fourth-order valence-electron chi connectivity index (χ4n) is 3.87. The zero-order chi connectivity index (χ0) is 24.9. The van der Waals surface area contributed by atoms with E-state index in [4.69, 9.17) is 10.9 Å². The monoisotopic (exact) mass is 496 g/mol. The summed E-state index contributed by atoms with van der Waals surface area (Å²) in [4.78, 5) is 14.9. The van der Waals surface area contributed by atoms with E-state index < -0.39 is 22.1 Å². The van der Waals surface area contributed by atoms with Crippen LogP contribution in [0.15, 0.2) is 70.3 Å². The number of hydrogen-bond acceptors (Lipinski definition) is 6. The Kier molecular flexibility index (Phi) is 8.23. The summed E-state index contributed by atoms with van der Waals surface area (Å²) >= 11 is 1.52. The Bertz CT molecular complexity index is 1250. The Balaban J connectivity index is 1.96. The summed E-state index contributed by atoms with van der Waals surface area (Å²) < 4.78 is 23.0. The van der Waals surface area contributed by atoms with Crippen LogP contribution in [0.3, 0.4) is 0 Å². The predicted octanol–water partition coefficient (Wildman–Crippen LogP) is 3.88. The van der Waals surface area contributed by atoms with Crippen molar-refractivity contribution in [3.63, 3.8) is 0 Å². The van der Waals surface area contributed by atoms with Crippen molar-refractivity contribution >= 4 is 27.3 Å². The molecule has 178 valence electrons. The Morgan fingerprint density at radius 3 is 2.09 bits per heavy atom. The van der Waals surface area contributed by atoms with Gasteiger partial charge in [0.1, 0.15) is 6.54 Å². The van der Waals surface area contributed by atoms with Gasteiger partial charge >= 0.3 is 0 Å². The van der Waals surface area contributed by atoms with Gasteiger partial charge in [0.05, 0.1) is 23.0 Å². The zero-order valence-corrected chi connectivity index (χ0v) is 20.7. The molecule has 0 saturated heterocycles. The third-order valence-corrected chi connectivity index (χ3v) is 7.11. The summed E-state index contributed by atoms with van der Waals surface area (Å²) in [5.74, 6) is -0.00322. The minimum atomic E-state index is -3.76. The van der Waals surface area contributed by atoms with E-state index in [0.717, 1.165) is 22.3 Å². The van der Waals surface area contributed by atoms with Crippen molar-refractivity contribution in [2.24, 2.45) is 16.8 Å². The van der Waals surface area contributed by atoms with Crippen molar-refractivity contribution in [2.45, 2.75) is 37.2 Å². The molecular formula is C25H28N4O3S2. The summed E-state index contributed by atoms with van der Waals surface area (Å²) in [5.41, 5.74) is 9.68. The highest BCUT2D eigenvalue weighted by Crippen LogP contribution is 2.32. The van der Waals surface area contributed by atoms with E-state index in [-0.39, 0.29) is 23.3 Å². The first-order valence-electron chi connectivity index (χ1n) is 10.8. The van der Waals surface area contributed by atoms with E-state index >= 15 is 0 Å². The molecule has 2 aromatic carbocycles. The van der Waals surface area contributed by atoms with Crippen LogP contribution in [0.1, 0.15) is 37.4 Å². The van der Waals surface area contributed by atoms with Crippen molar-refractivity contribution in [3.8, 4) is 17.2 Å². The molecule has 0 bridgehead atoms. The fourth-order valence-corrected chi connectivity index (χ4v) is 5.07. The van der Waals surface area contributed by atoms with Crippen LogP contribution in [-0.4, -0.2) is 31.8 Å². The van der Waals surface area contributed by atoms with Crippen LogP contribution < -0.4 is 10.9 Å². The number of primary sulfonamides is 1. The second kappa shape index (κ2) is 10.9. The number of benzene rings is 2. The molecule has 0 radical (unpaired) electrons. The number of sulfonamides is 1. The molecule has 3 aromatic rings. The number of hydrogen-bond donors (Lipinski definition) is 2. The quantitative estimate of drug-likeness (QED) is 0.434. The van der Waals surface area contributed by atoms with E-state index in [9.17, 15) is 18.5 Å². The Hall–Kier alpha value is -3.03. The van der Waals surface area contributed by atoms with Crippen LogP contribution in [0.25, 0.3) is 11.1 Å². The molecule has 9 heteroatoms. The van der Waals surface area contributed by atoms with Gasteiger partial charge in [0.15, 0.2) is 0 Å². The van der Waals surface area contributed by atoms with Gasteiger partial charge < -0.3 is 10.6 Å². The minimum Gasteiger partial charge on any atom is -0.320 e. The normalized spacial score (nSPS) is 13.3. The van der Waals surface area contributed by atoms with E-state index in [1.54, 1.807) is 17.0 Å². The van der Waals surface area contributed by atoms with Crippen LogP contribution in [0.4, 0.5) is 0 Å². The third kappa shape index (κ3) is 6.10. The number of nitrogens with two attached hydrogens (primary N) is 2. The molecule has 0 spiro atoms. The van der Waals surface area contributed by atoms with Gasteiger partial charge in [0, 0.05) is 0 Å². The van der Waals surface area contributed by atoms with E-state index in [2.05, 4.69) is 6.07 Å². The third-order valence-electron chi connectivity index (χ3n) is 5.48. The second-order valence-corrected chi connectivity index (χ2v) is 10.9. The topological polar surface area (TPSA) is 130 Å². The lowest BCUT2D eigenvalue weighted by Gasteiger charge is -2.32. The second-order valence-electron chi connectivity index (χ2n) is 8.51. The molecule has 7 nitrogen and oxygen atoms in total. The first-order chi connectivity index (χ1) is 16.1. The number of carbonyl (C=O) groups excluding carboxylic acids is 1. The molecule has 4 N–H and O–H groups in total. The maximum atomic E-state index is 13.3. The largest absolute Gasteiger partial charge is 0.320 e. The minimum absolute atomic E-state index is 0.0498. The molecule has 0 unspecified atom stereocenters. The van der Waals surface area contributed by atoms with Crippen molar-refractivity contribution in [2.75, 3.05) is 6.54 Å². The van der Waals surface area contributed by atoms with Gasteiger partial charge in [-0.3, -0.25) is 4.79 Å². The van der Waals surface area contributed by atoms with Gasteiger partial charge in [0.2, 0.25) is 15.9 Å². The van der Waals surface area contributed by atoms with Crippen LogP contribution in [0, 0.1) is 17.2 Å². The summed E-state index contributed by atoms with van der Waals surface area (Å²) in [6.07, 6.45) is 0.532. The summed E-state index contributed by atoms with van der Waals surface area (Å²) in [5, 5.41) is 18.6. The van der Waals surface area contributed by atoms with Crippen LogP contribution in [-0.2, 0) is 14.8 Å².